The van der Waals surface area contributed by atoms with Gasteiger partial charge in [0.15, 0.2) is 5.16 Å². The molecule has 122 valence electrons. The fourth-order valence-corrected chi connectivity index (χ4v) is 3.19. The van der Waals surface area contributed by atoms with E-state index >= 15 is 0 Å². The summed E-state index contributed by atoms with van der Waals surface area (Å²) < 4.78 is 0. The van der Waals surface area contributed by atoms with Crippen LogP contribution in [0.15, 0.2) is 41.6 Å². The topological polar surface area (TPSA) is 46.1 Å². The molecule has 5 heteroatoms. The van der Waals surface area contributed by atoms with Gasteiger partial charge in [0.1, 0.15) is 0 Å². The van der Waals surface area contributed by atoms with Crippen molar-refractivity contribution in [3.05, 3.63) is 53.3 Å². The zero-order valence-electron chi connectivity index (χ0n) is 14.0. The van der Waals surface area contributed by atoms with Crippen LogP contribution in [0.3, 0.4) is 0 Å². The van der Waals surface area contributed by atoms with Crippen molar-refractivity contribution in [3.8, 4) is 0 Å². The second kappa shape index (κ2) is 8.67. The number of carbonyl (C=O) groups excluding carboxylic acids is 1. The van der Waals surface area contributed by atoms with Gasteiger partial charge in [-0.15, -0.1) is 0 Å². The van der Waals surface area contributed by atoms with Crippen LogP contribution in [0.2, 0.25) is 0 Å². The van der Waals surface area contributed by atoms with Crippen LogP contribution in [-0.2, 0) is 11.3 Å². The van der Waals surface area contributed by atoms with E-state index in [1.165, 1.54) is 11.8 Å². The summed E-state index contributed by atoms with van der Waals surface area (Å²) in [5, 5.41) is 0.673. The van der Waals surface area contributed by atoms with Gasteiger partial charge in [-0.3, -0.25) is 4.79 Å². The van der Waals surface area contributed by atoms with Gasteiger partial charge >= 0.3 is 0 Å². The Labute approximate surface area is 142 Å². The Balaban J connectivity index is 1.97. The molecule has 0 bridgehead atoms. The van der Waals surface area contributed by atoms with Gasteiger partial charge in [0.2, 0.25) is 5.91 Å². The summed E-state index contributed by atoms with van der Waals surface area (Å²) in [5.41, 5.74) is 3.02. The van der Waals surface area contributed by atoms with E-state index in [9.17, 15) is 4.79 Å². The average molecular weight is 329 g/mol. The molecule has 1 heterocycles. The van der Waals surface area contributed by atoms with Crippen LogP contribution in [0.1, 0.15) is 30.3 Å². The van der Waals surface area contributed by atoms with Crippen LogP contribution in [-0.4, -0.2) is 33.1 Å². The number of aromatic nitrogens is 2. The Morgan fingerprint density at radius 2 is 1.78 bits per heavy atom. The van der Waals surface area contributed by atoms with Crippen LogP contribution in [0.5, 0.6) is 0 Å². The summed E-state index contributed by atoms with van der Waals surface area (Å²) in [6.07, 6.45) is 0.948. The molecule has 0 atom stereocenters. The monoisotopic (exact) mass is 329 g/mol. The summed E-state index contributed by atoms with van der Waals surface area (Å²) in [7, 11) is 0. The van der Waals surface area contributed by atoms with Crippen molar-refractivity contribution < 1.29 is 4.79 Å². The first-order chi connectivity index (χ1) is 11.1. The molecule has 0 radical (unpaired) electrons. The number of thioether (sulfide) groups is 1. The first kappa shape index (κ1) is 17.5. The van der Waals surface area contributed by atoms with E-state index in [0.717, 1.165) is 29.9 Å². The molecule has 0 unspecified atom stereocenters. The number of carbonyl (C=O) groups is 1. The summed E-state index contributed by atoms with van der Waals surface area (Å²) in [6, 6.07) is 12.0. The lowest BCUT2D eigenvalue weighted by Crippen LogP contribution is -2.32. The lowest BCUT2D eigenvalue weighted by atomic mass is 10.2. The van der Waals surface area contributed by atoms with Crippen molar-refractivity contribution in [3.63, 3.8) is 0 Å². The van der Waals surface area contributed by atoms with Crippen LogP contribution >= 0.6 is 11.8 Å². The van der Waals surface area contributed by atoms with Crippen LogP contribution in [0.4, 0.5) is 0 Å². The molecule has 4 nitrogen and oxygen atoms in total. The van der Waals surface area contributed by atoms with E-state index in [0.29, 0.717) is 17.5 Å². The molecule has 2 rings (SSSR count). The van der Waals surface area contributed by atoms with E-state index in [4.69, 9.17) is 0 Å². The summed E-state index contributed by atoms with van der Waals surface area (Å²) in [4.78, 5) is 23.2. The lowest BCUT2D eigenvalue weighted by molar-refractivity contribution is -0.129. The van der Waals surface area contributed by atoms with Gasteiger partial charge in [0.25, 0.3) is 0 Å². The van der Waals surface area contributed by atoms with Crippen molar-refractivity contribution in [2.45, 2.75) is 38.9 Å². The first-order valence-corrected chi connectivity index (χ1v) is 8.84. The third-order valence-electron chi connectivity index (χ3n) is 3.35. The van der Waals surface area contributed by atoms with Crippen LogP contribution in [0.25, 0.3) is 0 Å². The van der Waals surface area contributed by atoms with Gasteiger partial charge in [-0.2, -0.15) is 0 Å². The molecule has 2 aromatic rings. The normalized spacial score (nSPS) is 10.6. The van der Waals surface area contributed by atoms with Gasteiger partial charge in [-0.05, 0) is 31.9 Å². The standard InChI is InChI=1S/C18H23N3OS/c1-4-10-21(12-16-8-6-5-7-9-16)17(22)13-23-18-19-14(2)11-15(3)20-18/h5-9,11H,4,10,12-13H2,1-3H3. The number of amides is 1. The molecule has 23 heavy (non-hydrogen) atoms. The highest BCUT2D eigenvalue weighted by Crippen LogP contribution is 2.16. The minimum Gasteiger partial charge on any atom is -0.338 e. The molecular formula is C18H23N3OS. The van der Waals surface area contributed by atoms with Gasteiger partial charge in [-0.25, -0.2) is 9.97 Å². The highest BCUT2D eigenvalue weighted by atomic mass is 32.2. The molecule has 0 aliphatic heterocycles. The predicted molar refractivity (Wildman–Crippen MR) is 94.4 cm³/mol. The number of hydrogen-bond donors (Lipinski definition) is 0. The fourth-order valence-electron chi connectivity index (χ4n) is 2.34. The predicted octanol–water partition coefficient (Wildman–Crippen LogP) is 3.62. The Bertz CT molecular complexity index is 626. The number of nitrogens with zero attached hydrogens (tertiary/aromatic N) is 3. The summed E-state index contributed by atoms with van der Waals surface area (Å²) in [6.45, 7) is 7.40. The number of rotatable bonds is 7. The molecule has 0 fully saturated rings. The van der Waals surface area contributed by atoms with E-state index < -0.39 is 0 Å². The maximum Gasteiger partial charge on any atom is 0.233 e. The lowest BCUT2D eigenvalue weighted by Gasteiger charge is -2.22. The molecule has 0 aliphatic rings. The minimum absolute atomic E-state index is 0.128. The number of benzene rings is 1. The molecule has 0 saturated heterocycles. The zero-order valence-corrected chi connectivity index (χ0v) is 14.8. The smallest absolute Gasteiger partial charge is 0.233 e. The molecular weight excluding hydrogens is 306 g/mol. The summed E-state index contributed by atoms with van der Waals surface area (Å²) in [5.74, 6) is 0.499. The molecule has 1 aromatic carbocycles. The largest absolute Gasteiger partial charge is 0.338 e. The van der Waals surface area contributed by atoms with E-state index in [-0.39, 0.29) is 5.91 Å². The maximum atomic E-state index is 12.5. The number of aryl methyl sites for hydroxylation is 2. The Morgan fingerprint density at radius 3 is 2.39 bits per heavy atom. The van der Waals surface area contributed by atoms with Crippen molar-refractivity contribution in [2.24, 2.45) is 0 Å². The van der Waals surface area contributed by atoms with Gasteiger partial charge < -0.3 is 4.90 Å². The van der Waals surface area contributed by atoms with Gasteiger partial charge in [0, 0.05) is 24.5 Å². The van der Waals surface area contributed by atoms with E-state index in [1.54, 1.807) is 0 Å². The SMILES string of the molecule is CCCN(Cc1ccccc1)C(=O)CSc1nc(C)cc(C)n1. The highest BCUT2D eigenvalue weighted by Gasteiger charge is 2.14. The maximum absolute atomic E-state index is 12.5. The number of hydrogen-bond acceptors (Lipinski definition) is 4. The van der Waals surface area contributed by atoms with Crippen molar-refractivity contribution >= 4 is 17.7 Å². The molecule has 1 amide bonds. The van der Waals surface area contributed by atoms with Gasteiger partial charge in [-0.1, -0.05) is 49.0 Å². The molecule has 1 aromatic heterocycles. The van der Waals surface area contributed by atoms with Crippen molar-refractivity contribution in [2.75, 3.05) is 12.3 Å². The molecule has 0 N–H and O–H groups in total. The van der Waals surface area contributed by atoms with Crippen LogP contribution in [0, 0.1) is 13.8 Å². The Hall–Kier alpha value is -1.88. The van der Waals surface area contributed by atoms with E-state index in [2.05, 4.69) is 29.0 Å². The van der Waals surface area contributed by atoms with Gasteiger partial charge in [0.05, 0.1) is 5.75 Å². The van der Waals surface area contributed by atoms with Crippen LogP contribution < -0.4 is 0 Å². The van der Waals surface area contributed by atoms with Crippen molar-refractivity contribution in [1.82, 2.24) is 14.9 Å². The average Bonchev–Trinajstić information content (AvgIpc) is 2.52. The Morgan fingerprint density at radius 1 is 1.13 bits per heavy atom. The first-order valence-electron chi connectivity index (χ1n) is 7.85. The Kier molecular flexibility index (Phi) is 6.59. The fraction of sp³-hybridized carbons (Fsp3) is 0.389. The highest BCUT2D eigenvalue weighted by molar-refractivity contribution is 7.99. The zero-order chi connectivity index (χ0) is 16.7. The second-order valence-electron chi connectivity index (χ2n) is 5.52. The quantitative estimate of drug-likeness (QED) is 0.575. The second-order valence-corrected chi connectivity index (χ2v) is 6.47. The third-order valence-corrected chi connectivity index (χ3v) is 4.18. The molecule has 0 spiro atoms. The minimum atomic E-state index is 0.128. The molecule has 0 aliphatic carbocycles. The summed E-state index contributed by atoms with van der Waals surface area (Å²) >= 11 is 1.41. The molecule has 0 saturated carbocycles. The van der Waals surface area contributed by atoms with E-state index in [1.807, 2.05) is 43.0 Å². The third kappa shape index (κ3) is 5.67. The van der Waals surface area contributed by atoms with Crippen molar-refractivity contribution in [1.29, 1.82) is 0 Å².